The van der Waals surface area contributed by atoms with Crippen LogP contribution in [0.1, 0.15) is 0 Å². The van der Waals surface area contributed by atoms with Gasteiger partial charge in [-0.25, -0.2) is 9.97 Å². The molecule has 0 aliphatic carbocycles. The van der Waals surface area contributed by atoms with Crippen molar-refractivity contribution < 1.29 is 0 Å². The van der Waals surface area contributed by atoms with Gasteiger partial charge >= 0.3 is 0 Å². The highest BCUT2D eigenvalue weighted by Gasteiger charge is 2.05. The summed E-state index contributed by atoms with van der Waals surface area (Å²) in [6.07, 6.45) is 3.66. The molecule has 0 saturated heterocycles. The molecule has 0 aliphatic rings. The fourth-order valence-electron chi connectivity index (χ4n) is 0.967. The fourth-order valence-corrected chi connectivity index (χ4v) is 3.22. The first-order valence-corrected chi connectivity index (χ1v) is 6.37. The van der Waals surface area contributed by atoms with Gasteiger partial charge in [0.2, 0.25) is 0 Å². The van der Waals surface area contributed by atoms with Crippen molar-refractivity contribution in [2.45, 2.75) is 5.03 Å². The van der Waals surface area contributed by atoms with E-state index in [1.807, 2.05) is 6.26 Å². The summed E-state index contributed by atoms with van der Waals surface area (Å²) in [5, 5.41) is 2.25. The second kappa shape index (κ2) is 3.47. The van der Waals surface area contributed by atoms with Crippen LogP contribution >= 0.6 is 45.7 Å². The van der Waals surface area contributed by atoms with Crippen LogP contribution in [-0.4, -0.2) is 16.2 Å². The topological polar surface area (TPSA) is 25.8 Å². The van der Waals surface area contributed by atoms with Crippen LogP contribution in [0.25, 0.3) is 10.2 Å². The average molecular weight is 308 g/mol. The molecule has 0 bridgehead atoms. The number of fused-ring (bicyclic) bond motifs is 1. The Morgan fingerprint density at radius 2 is 2.33 bits per heavy atom. The van der Waals surface area contributed by atoms with Crippen LogP contribution in [0.4, 0.5) is 0 Å². The Morgan fingerprint density at radius 1 is 1.50 bits per heavy atom. The van der Waals surface area contributed by atoms with E-state index in [0.29, 0.717) is 0 Å². The molecule has 5 heteroatoms. The molecule has 2 aromatic rings. The number of thiophene rings is 1. The molecule has 0 unspecified atom stereocenters. The first kappa shape index (κ1) is 8.71. The average Bonchev–Trinajstić information content (AvgIpc) is 2.44. The lowest BCUT2D eigenvalue weighted by Gasteiger charge is -1.93. The largest absolute Gasteiger partial charge is 0.229 e. The van der Waals surface area contributed by atoms with Crippen molar-refractivity contribution >= 4 is 55.9 Å². The quantitative estimate of drug-likeness (QED) is 0.460. The zero-order chi connectivity index (χ0) is 8.55. The van der Waals surface area contributed by atoms with E-state index < -0.39 is 0 Å². The molecule has 62 valence electrons. The highest BCUT2D eigenvalue weighted by Crippen LogP contribution is 2.29. The van der Waals surface area contributed by atoms with Crippen molar-refractivity contribution in [3.05, 3.63) is 15.3 Å². The van der Waals surface area contributed by atoms with Crippen molar-refractivity contribution in [3.63, 3.8) is 0 Å². The van der Waals surface area contributed by atoms with E-state index in [-0.39, 0.29) is 0 Å². The SMILES string of the molecule is CSc1ncnc2sc(I)cc12. The van der Waals surface area contributed by atoms with Crippen LogP contribution in [0.5, 0.6) is 0 Å². The van der Waals surface area contributed by atoms with Gasteiger partial charge in [0.25, 0.3) is 0 Å². The Morgan fingerprint density at radius 3 is 3.08 bits per heavy atom. The molecule has 0 amide bonds. The van der Waals surface area contributed by atoms with Crippen LogP contribution in [-0.2, 0) is 0 Å². The van der Waals surface area contributed by atoms with Crippen molar-refractivity contribution in [1.82, 2.24) is 9.97 Å². The molecule has 0 N–H and O–H groups in total. The van der Waals surface area contributed by atoms with Gasteiger partial charge in [-0.2, -0.15) is 0 Å². The minimum absolute atomic E-state index is 1.07. The maximum absolute atomic E-state index is 4.20. The number of halogens is 1. The van der Waals surface area contributed by atoms with Gasteiger partial charge in [-0.15, -0.1) is 23.1 Å². The zero-order valence-corrected chi connectivity index (χ0v) is 10.0. The zero-order valence-electron chi connectivity index (χ0n) is 6.24. The van der Waals surface area contributed by atoms with Gasteiger partial charge in [-0.3, -0.25) is 0 Å². The highest BCUT2D eigenvalue weighted by molar-refractivity contribution is 14.1. The lowest BCUT2D eigenvalue weighted by molar-refractivity contribution is 1.11. The van der Waals surface area contributed by atoms with E-state index in [0.717, 1.165) is 9.86 Å². The molecular formula is C7H5IN2S2. The standard InChI is InChI=1S/C7H5IN2S2/c1-11-6-4-2-5(8)12-7(4)10-3-9-6/h2-3H,1H3. The molecule has 2 rings (SSSR count). The van der Waals surface area contributed by atoms with E-state index in [4.69, 9.17) is 0 Å². The van der Waals surface area contributed by atoms with E-state index in [1.165, 1.54) is 8.27 Å². The van der Waals surface area contributed by atoms with Gasteiger partial charge in [0, 0.05) is 5.39 Å². The van der Waals surface area contributed by atoms with Gasteiger partial charge in [0.1, 0.15) is 16.2 Å². The predicted molar refractivity (Wildman–Crippen MR) is 61.9 cm³/mol. The molecule has 2 nitrogen and oxygen atoms in total. The summed E-state index contributed by atoms with van der Waals surface area (Å²) in [7, 11) is 0. The number of hydrogen-bond acceptors (Lipinski definition) is 4. The van der Waals surface area contributed by atoms with Crippen molar-refractivity contribution in [2.24, 2.45) is 0 Å². The normalized spacial score (nSPS) is 10.8. The number of aromatic nitrogens is 2. The molecule has 0 radical (unpaired) electrons. The van der Waals surface area contributed by atoms with E-state index in [9.17, 15) is 0 Å². The van der Waals surface area contributed by atoms with Crippen molar-refractivity contribution in [1.29, 1.82) is 0 Å². The summed E-state index contributed by atoms with van der Waals surface area (Å²) < 4.78 is 1.26. The molecule has 2 aromatic heterocycles. The Labute approximate surface area is 91.9 Å². The molecular weight excluding hydrogens is 303 g/mol. The second-order valence-corrected chi connectivity index (χ2v) is 5.87. The summed E-state index contributed by atoms with van der Waals surface area (Å²) in [4.78, 5) is 9.48. The first-order valence-electron chi connectivity index (χ1n) is 3.25. The molecule has 0 aliphatic heterocycles. The molecule has 2 heterocycles. The van der Waals surface area contributed by atoms with Crippen LogP contribution in [0, 0.1) is 2.88 Å². The first-order chi connectivity index (χ1) is 5.81. The van der Waals surface area contributed by atoms with Crippen LogP contribution in [0.3, 0.4) is 0 Å². The Kier molecular flexibility index (Phi) is 2.52. The van der Waals surface area contributed by atoms with Crippen LogP contribution in [0.2, 0.25) is 0 Å². The maximum atomic E-state index is 4.20. The monoisotopic (exact) mass is 308 g/mol. The number of hydrogen-bond donors (Lipinski definition) is 0. The van der Waals surface area contributed by atoms with Gasteiger partial charge in [0.15, 0.2) is 0 Å². The van der Waals surface area contributed by atoms with Gasteiger partial charge in [-0.1, -0.05) is 0 Å². The van der Waals surface area contributed by atoms with E-state index >= 15 is 0 Å². The van der Waals surface area contributed by atoms with Gasteiger partial charge < -0.3 is 0 Å². The third kappa shape index (κ3) is 1.45. The number of rotatable bonds is 1. The van der Waals surface area contributed by atoms with E-state index in [1.54, 1.807) is 29.4 Å². The Balaban J connectivity index is 2.78. The predicted octanol–water partition coefficient (Wildman–Crippen LogP) is 3.02. The molecule has 0 saturated carbocycles. The minimum Gasteiger partial charge on any atom is -0.229 e. The second-order valence-electron chi connectivity index (χ2n) is 2.15. The number of nitrogens with zero attached hydrogens (tertiary/aromatic N) is 2. The summed E-state index contributed by atoms with van der Waals surface area (Å²) in [5.74, 6) is 0. The van der Waals surface area contributed by atoms with Gasteiger partial charge in [-0.05, 0) is 34.9 Å². The van der Waals surface area contributed by atoms with Crippen LogP contribution < -0.4 is 0 Å². The lowest BCUT2D eigenvalue weighted by atomic mass is 10.4. The third-order valence-electron chi connectivity index (χ3n) is 1.46. The lowest BCUT2D eigenvalue weighted by Crippen LogP contribution is -1.80. The van der Waals surface area contributed by atoms with Crippen molar-refractivity contribution in [3.8, 4) is 0 Å². The summed E-state index contributed by atoms with van der Waals surface area (Å²) >= 11 is 5.68. The molecule has 0 aromatic carbocycles. The number of thioether (sulfide) groups is 1. The maximum Gasteiger partial charge on any atom is 0.128 e. The molecule has 12 heavy (non-hydrogen) atoms. The summed E-state index contributed by atoms with van der Waals surface area (Å²) in [6, 6.07) is 2.13. The van der Waals surface area contributed by atoms with Crippen molar-refractivity contribution in [2.75, 3.05) is 6.26 Å². The highest BCUT2D eigenvalue weighted by atomic mass is 127. The molecule has 0 fully saturated rings. The Bertz CT molecular complexity index is 413. The molecule has 0 atom stereocenters. The Hall–Kier alpha value is 0.120. The minimum atomic E-state index is 1.07. The third-order valence-corrected chi connectivity index (χ3v) is 3.97. The molecule has 0 spiro atoms. The van der Waals surface area contributed by atoms with Crippen LogP contribution in [0.15, 0.2) is 17.4 Å². The van der Waals surface area contributed by atoms with Gasteiger partial charge in [0.05, 0.1) is 2.88 Å². The summed E-state index contributed by atoms with van der Waals surface area (Å²) in [6.45, 7) is 0. The fraction of sp³-hybridized carbons (Fsp3) is 0.143. The smallest absolute Gasteiger partial charge is 0.128 e. The van der Waals surface area contributed by atoms with E-state index in [2.05, 4.69) is 38.6 Å². The summed E-state index contributed by atoms with van der Waals surface area (Å²) in [5.41, 5.74) is 0.